The number of unbranched alkanes of at least 4 members (excludes halogenated alkanes) is 2. The fourth-order valence-electron chi connectivity index (χ4n) is 1.54. The number of methoxy groups -OCH3 is 1. The van der Waals surface area contributed by atoms with E-state index in [1.165, 1.54) is 0 Å². The van der Waals surface area contributed by atoms with Crippen molar-refractivity contribution in [3.63, 3.8) is 0 Å². The third-order valence-corrected chi connectivity index (χ3v) is 3.94. The molecule has 1 rings (SSSR count). The number of ether oxygens (including phenoxy) is 1. The van der Waals surface area contributed by atoms with Crippen LogP contribution in [0.3, 0.4) is 0 Å². The molecule has 1 atom stereocenters. The normalized spacial score (nSPS) is 12.6. The number of benzene rings is 1. The minimum Gasteiger partial charge on any atom is -0.396 e. The molecule has 0 aromatic heterocycles. The van der Waals surface area contributed by atoms with Crippen LogP contribution in [-0.4, -0.2) is 28.8 Å². The Labute approximate surface area is 105 Å². The van der Waals surface area contributed by atoms with Gasteiger partial charge in [-0.25, -0.2) is 0 Å². The molecular formula is C13H20O3S. The molecule has 0 aliphatic carbocycles. The summed E-state index contributed by atoms with van der Waals surface area (Å²) >= 11 is 0. The van der Waals surface area contributed by atoms with Gasteiger partial charge in [0.1, 0.15) is 0 Å². The number of aliphatic hydroxyl groups is 1. The second-order valence-electron chi connectivity index (χ2n) is 3.91. The van der Waals surface area contributed by atoms with Crippen molar-refractivity contribution < 1.29 is 14.1 Å². The molecule has 0 bridgehead atoms. The van der Waals surface area contributed by atoms with Crippen LogP contribution in [-0.2, 0) is 22.1 Å². The molecule has 17 heavy (non-hydrogen) atoms. The van der Waals surface area contributed by atoms with Crippen molar-refractivity contribution in [1.82, 2.24) is 0 Å². The Kier molecular flexibility index (Phi) is 7.08. The Morgan fingerprint density at radius 2 is 1.88 bits per heavy atom. The fourth-order valence-corrected chi connectivity index (χ4v) is 2.69. The van der Waals surface area contributed by atoms with Gasteiger partial charge in [-0.2, -0.15) is 0 Å². The van der Waals surface area contributed by atoms with E-state index in [1.54, 1.807) is 7.11 Å². The monoisotopic (exact) mass is 256 g/mol. The summed E-state index contributed by atoms with van der Waals surface area (Å²) in [4.78, 5) is 0.869. The van der Waals surface area contributed by atoms with Crippen molar-refractivity contribution in [2.24, 2.45) is 0 Å². The van der Waals surface area contributed by atoms with Gasteiger partial charge in [0.05, 0.1) is 17.4 Å². The highest BCUT2D eigenvalue weighted by atomic mass is 32.2. The molecule has 0 aliphatic rings. The van der Waals surface area contributed by atoms with Crippen molar-refractivity contribution in [2.75, 3.05) is 19.5 Å². The van der Waals surface area contributed by atoms with E-state index in [0.717, 1.165) is 29.7 Å². The molecule has 3 nitrogen and oxygen atoms in total. The molecular weight excluding hydrogens is 236 g/mol. The minimum absolute atomic E-state index is 0.221. The molecule has 0 saturated carbocycles. The molecule has 1 unspecified atom stereocenters. The Morgan fingerprint density at radius 1 is 1.18 bits per heavy atom. The van der Waals surface area contributed by atoms with Crippen LogP contribution in [0.2, 0.25) is 0 Å². The van der Waals surface area contributed by atoms with Crippen LogP contribution in [0.15, 0.2) is 29.2 Å². The summed E-state index contributed by atoms with van der Waals surface area (Å²) < 4.78 is 16.9. The van der Waals surface area contributed by atoms with Crippen molar-refractivity contribution in [3.05, 3.63) is 29.8 Å². The third-order valence-electron chi connectivity index (χ3n) is 2.49. The largest absolute Gasteiger partial charge is 0.396 e. The highest BCUT2D eigenvalue weighted by Crippen LogP contribution is 2.11. The van der Waals surface area contributed by atoms with Crippen LogP contribution < -0.4 is 0 Å². The van der Waals surface area contributed by atoms with Gasteiger partial charge in [0.15, 0.2) is 0 Å². The first kappa shape index (κ1) is 14.4. The quantitative estimate of drug-likeness (QED) is 0.725. The van der Waals surface area contributed by atoms with E-state index < -0.39 is 10.8 Å². The highest BCUT2D eigenvalue weighted by Gasteiger charge is 2.03. The Bertz CT molecular complexity index is 335. The van der Waals surface area contributed by atoms with E-state index in [9.17, 15) is 4.21 Å². The molecule has 1 aromatic rings. The van der Waals surface area contributed by atoms with Crippen molar-refractivity contribution in [3.8, 4) is 0 Å². The maximum absolute atomic E-state index is 11.9. The zero-order valence-electron chi connectivity index (χ0n) is 10.2. The lowest BCUT2D eigenvalue weighted by atomic mass is 10.2. The molecule has 1 N–H and O–H groups in total. The predicted octanol–water partition coefficient (Wildman–Crippen LogP) is 2.10. The summed E-state index contributed by atoms with van der Waals surface area (Å²) in [5, 5.41) is 8.64. The van der Waals surface area contributed by atoms with E-state index in [-0.39, 0.29) is 6.61 Å². The lowest BCUT2D eigenvalue weighted by Gasteiger charge is -2.04. The first-order valence-corrected chi connectivity index (χ1v) is 7.17. The topological polar surface area (TPSA) is 46.5 Å². The van der Waals surface area contributed by atoms with Gasteiger partial charge in [0.25, 0.3) is 0 Å². The Hall–Kier alpha value is -0.710. The molecule has 0 aliphatic heterocycles. The van der Waals surface area contributed by atoms with Crippen LogP contribution in [0, 0.1) is 0 Å². The summed E-state index contributed by atoms with van der Waals surface area (Å²) in [7, 11) is 0.738. The molecule has 0 saturated heterocycles. The maximum atomic E-state index is 11.9. The van der Waals surface area contributed by atoms with Gasteiger partial charge in [-0.15, -0.1) is 0 Å². The van der Waals surface area contributed by atoms with E-state index in [4.69, 9.17) is 9.84 Å². The Morgan fingerprint density at radius 3 is 2.47 bits per heavy atom. The first-order chi connectivity index (χ1) is 8.27. The first-order valence-electron chi connectivity index (χ1n) is 5.85. The predicted molar refractivity (Wildman–Crippen MR) is 69.4 cm³/mol. The fraction of sp³-hybridized carbons (Fsp3) is 0.538. The number of aliphatic hydroxyl groups excluding tert-OH is 1. The summed E-state index contributed by atoms with van der Waals surface area (Å²) in [6, 6.07) is 7.70. The van der Waals surface area contributed by atoms with E-state index >= 15 is 0 Å². The molecule has 0 radical (unpaired) electrons. The number of rotatable bonds is 8. The Balaban J connectivity index is 2.40. The maximum Gasteiger partial charge on any atom is 0.0713 e. The van der Waals surface area contributed by atoms with Crippen molar-refractivity contribution in [1.29, 1.82) is 0 Å². The van der Waals surface area contributed by atoms with Crippen LogP contribution >= 0.6 is 0 Å². The van der Waals surface area contributed by atoms with Crippen molar-refractivity contribution >= 4 is 10.8 Å². The summed E-state index contributed by atoms with van der Waals surface area (Å²) in [5.74, 6) is 0.670. The van der Waals surface area contributed by atoms with Crippen molar-refractivity contribution in [2.45, 2.75) is 30.8 Å². The van der Waals surface area contributed by atoms with Gasteiger partial charge in [0, 0.05) is 24.4 Å². The molecule has 4 heteroatoms. The van der Waals surface area contributed by atoms with Gasteiger partial charge in [-0.05, 0) is 30.5 Å². The summed E-state index contributed by atoms with van der Waals surface area (Å²) in [5.41, 5.74) is 1.09. The number of hydrogen-bond donors (Lipinski definition) is 1. The van der Waals surface area contributed by atoms with Crippen LogP contribution in [0.4, 0.5) is 0 Å². The highest BCUT2D eigenvalue weighted by molar-refractivity contribution is 7.85. The third kappa shape index (κ3) is 5.44. The minimum atomic E-state index is -0.922. The zero-order chi connectivity index (χ0) is 12.5. The molecule has 0 heterocycles. The number of hydrogen-bond acceptors (Lipinski definition) is 3. The molecule has 1 aromatic carbocycles. The van der Waals surface area contributed by atoms with Crippen LogP contribution in [0.5, 0.6) is 0 Å². The zero-order valence-corrected chi connectivity index (χ0v) is 11.0. The van der Waals surface area contributed by atoms with Gasteiger partial charge >= 0.3 is 0 Å². The second-order valence-corrected chi connectivity index (χ2v) is 5.48. The van der Waals surface area contributed by atoms with Crippen LogP contribution in [0.25, 0.3) is 0 Å². The van der Waals surface area contributed by atoms with E-state index in [0.29, 0.717) is 12.4 Å². The average molecular weight is 256 g/mol. The second kappa shape index (κ2) is 8.39. The SMILES string of the molecule is COCc1ccc(S(=O)CCCCCO)cc1. The average Bonchev–Trinajstić information content (AvgIpc) is 2.36. The lowest BCUT2D eigenvalue weighted by molar-refractivity contribution is 0.185. The standard InChI is InChI=1S/C13H20O3S/c1-16-11-12-5-7-13(8-6-12)17(15)10-4-2-3-9-14/h5-8,14H,2-4,9-11H2,1H3. The summed E-state index contributed by atoms with van der Waals surface area (Å²) in [6.45, 7) is 0.807. The smallest absolute Gasteiger partial charge is 0.0713 e. The van der Waals surface area contributed by atoms with Crippen LogP contribution in [0.1, 0.15) is 24.8 Å². The van der Waals surface area contributed by atoms with Gasteiger partial charge in [0.2, 0.25) is 0 Å². The molecule has 0 spiro atoms. The van der Waals surface area contributed by atoms with E-state index in [1.807, 2.05) is 24.3 Å². The molecule has 0 amide bonds. The van der Waals surface area contributed by atoms with Gasteiger partial charge in [-0.3, -0.25) is 4.21 Å². The van der Waals surface area contributed by atoms with Gasteiger partial charge in [-0.1, -0.05) is 18.6 Å². The lowest BCUT2D eigenvalue weighted by Crippen LogP contribution is -1.99. The molecule has 96 valence electrons. The molecule has 0 fully saturated rings. The van der Waals surface area contributed by atoms with Gasteiger partial charge < -0.3 is 9.84 Å². The summed E-state index contributed by atoms with van der Waals surface area (Å²) in [6.07, 6.45) is 2.63. The van der Waals surface area contributed by atoms with E-state index in [2.05, 4.69) is 0 Å².